The Morgan fingerprint density at radius 3 is 2.44 bits per heavy atom. The zero-order valence-electron chi connectivity index (χ0n) is 5.82. The van der Waals surface area contributed by atoms with Crippen LogP contribution in [0.15, 0.2) is 12.2 Å². The van der Waals surface area contributed by atoms with Gasteiger partial charge in [0.15, 0.2) is 0 Å². The fraction of sp³-hybridized carbons (Fsp3) is 0.714. The maximum atomic E-state index is 11.4. The largest absolute Gasteiger partial charge is 0.266 e. The molecule has 0 aliphatic heterocycles. The number of halogens is 2. The van der Waals surface area contributed by atoms with Gasteiger partial charge in [0.25, 0.3) is 6.08 Å². The van der Waals surface area contributed by atoms with Crippen LogP contribution in [0.3, 0.4) is 0 Å². The zero-order chi connectivity index (χ0) is 7.28. The van der Waals surface area contributed by atoms with Crippen LogP contribution in [0.1, 0.15) is 26.7 Å². The highest BCUT2D eigenvalue weighted by atomic mass is 19.3. The van der Waals surface area contributed by atoms with Crippen LogP contribution in [-0.4, -0.2) is 0 Å². The van der Waals surface area contributed by atoms with Gasteiger partial charge >= 0.3 is 0 Å². The Morgan fingerprint density at radius 1 is 1.56 bits per heavy atom. The lowest BCUT2D eigenvalue weighted by atomic mass is 10.1. The van der Waals surface area contributed by atoms with Gasteiger partial charge in [-0.3, -0.25) is 0 Å². The van der Waals surface area contributed by atoms with E-state index in [1.54, 1.807) is 0 Å². The Balaban J connectivity index is 3.37. The third-order valence-corrected chi connectivity index (χ3v) is 1.37. The highest BCUT2D eigenvalue weighted by Gasteiger charge is 1.95. The molecular formula is C7H12F2. The third-order valence-electron chi connectivity index (χ3n) is 1.37. The first-order valence-corrected chi connectivity index (χ1v) is 3.18. The van der Waals surface area contributed by atoms with E-state index in [1.165, 1.54) is 0 Å². The lowest BCUT2D eigenvalue weighted by molar-refractivity contribution is 0.411. The molecule has 0 aromatic carbocycles. The molecule has 0 spiro atoms. The van der Waals surface area contributed by atoms with Crippen molar-refractivity contribution in [2.24, 2.45) is 5.92 Å². The number of hydrogen-bond donors (Lipinski definition) is 0. The Kier molecular flexibility index (Phi) is 4.28. The minimum atomic E-state index is -1.56. The lowest BCUT2D eigenvalue weighted by Crippen LogP contribution is -1.87. The Labute approximate surface area is 54.6 Å². The van der Waals surface area contributed by atoms with Crippen LogP contribution >= 0.6 is 0 Å². The summed E-state index contributed by atoms with van der Waals surface area (Å²) in [4.78, 5) is 0. The van der Waals surface area contributed by atoms with Gasteiger partial charge < -0.3 is 0 Å². The molecule has 9 heavy (non-hydrogen) atoms. The predicted molar refractivity (Wildman–Crippen MR) is 34.4 cm³/mol. The van der Waals surface area contributed by atoms with E-state index in [0.29, 0.717) is 12.3 Å². The van der Waals surface area contributed by atoms with Gasteiger partial charge in [-0.25, -0.2) is 0 Å². The van der Waals surface area contributed by atoms with Crippen LogP contribution < -0.4 is 0 Å². The van der Waals surface area contributed by atoms with Gasteiger partial charge in [0.05, 0.1) is 0 Å². The van der Waals surface area contributed by atoms with Crippen molar-refractivity contribution in [2.45, 2.75) is 26.7 Å². The van der Waals surface area contributed by atoms with Crippen LogP contribution in [0.5, 0.6) is 0 Å². The summed E-state index contributed by atoms with van der Waals surface area (Å²) in [5, 5.41) is 0. The van der Waals surface area contributed by atoms with E-state index in [2.05, 4.69) is 0 Å². The summed E-state index contributed by atoms with van der Waals surface area (Å²) < 4.78 is 22.8. The second kappa shape index (κ2) is 4.48. The molecule has 0 aromatic heterocycles. The van der Waals surface area contributed by atoms with Crippen molar-refractivity contribution in [3.63, 3.8) is 0 Å². The number of allylic oxidation sites excluding steroid dienone is 1. The quantitative estimate of drug-likeness (QED) is 0.556. The van der Waals surface area contributed by atoms with E-state index in [0.717, 1.165) is 12.5 Å². The highest BCUT2D eigenvalue weighted by molar-refractivity contribution is 4.81. The molecule has 54 valence electrons. The van der Waals surface area contributed by atoms with E-state index in [1.807, 2.05) is 13.8 Å². The summed E-state index contributed by atoms with van der Waals surface area (Å²) in [6.45, 7) is 3.95. The maximum Gasteiger partial charge on any atom is 0.266 e. The number of rotatable bonds is 3. The average molecular weight is 134 g/mol. The highest BCUT2D eigenvalue weighted by Crippen LogP contribution is 2.09. The van der Waals surface area contributed by atoms with Crippen LogP contribution in [0.2, 0.25) is 0 Å². The molecule has 0 unspecified atom stereocenters. The predicted octanol–water partition coefficient (Wildman–Crippen LogP) is 3.20. The van der Waals surface area contributed by atoms with E-state index in [-0.39, 0.29) is 0 Å². The molecule has 2 heteroatoms. The zero-order valence-corrected chi connectivity index (χ0v) is 5.82. The summed E-state index contributed by atoms with van der Waals surface area (Å²) in [5.74, 6) is 0.381. The summed E-state index contributed by atoms with van der Waals surface area (Å²) in [6.07, 6.45) is 0.881. The minimum Gasteiger partial charge on any atom is -0.174 e. The standard InChI is InChI=1S/C7H12F2/c1-3-6(2)4-5-7(8)9/h5-6H,3-4H2,1-2H3/t6-/m1/s1. The monoisotopic (exact) mass is 134 g/mol. The molecule has 0 aliphatic rings. The van der Waals surface area contributed by atoms with Gasteiger partial charge in [-0.1, -0.05) is 20.3 Å². The van der Waals surface area contributed by atoms with Crippen molar-refractivity contribution in [1.82, 2.24) is 0 Å². The SMILES string of the molecule is CC[C@@H](C)CC=C(F)F. The molecule has 0 aliphatic carbocycles. The molecule has 1 atom stereocenters. The molecule has 0 saturated carbocycles. The average Bonchev–Trinajstić information content (AvgIpc) is 1.83. The molecule has 0 N–H and O–H groups in total. The fourth-order valence-electron chi connectivity index (χ4n) is 0.457. The molecule has 0 fully saturated rings. The Bertz CT molecular complexity index is 93.1. The first-order chi connectivity index (χ1) is 4.16. The van der Waals surface area contributed by atoms with Crippen molar-refractivity contribution in [3.8, 4) is 0 Å². The van der Waals surface area contributed by atoms with E-state index in [9.17, 15) is 8.78 Å². The normalized spacial score (nSPS) is 12.9. The lowest BCUT2D eigenvalue weighted by Gasteiger charge is -2.00. The van der Waals surface area contributed by atoms with E-state index >= 15 is 0 Å². The van der Waals surface area contributed by atoms with Crippen LogP contribution in [0.25, 0.3) is 0 Å². The molecule has 0 rings (SSSR count). The Morgan fingerprint density at radius 2 is 2.11 bits per heavy atom. The van der Waals surface area contributed by atoms with Gasteiger partial charge in [-0.05, 0) is 18.4 Å². The van der Waals surface area contributed by atoms with Gasteiger partial charge in [0.2, 0.25) is 0 Å². The molecular weight excluding hydrogens is 122 g/mol. The first kappa shape index (κ1) is 8.60. The summed E-state index contributed by atoms with van der Waals surface area (Å²) in [6, 6.07) is 0. The first-order valence-electron chi connectivity index (χ1n) is 3.18. The molecule has 0 radical (unpaired) electrons. The third kappa shape index (κ3) is 5.47. The van der Waals surface area contributed by atoms with Crippen molar-refractivity contribution in [1.29, 1.82) is 0 Å². The molecule has 0 nitrogen and oxygen atoms in total. The fourth-order valence-corrected chi connectivity index (χ4v) is 0.457. The van der Waals surface area contributed by atoms with Crippen molar-refractivity contribution >= 4 is 0 Å². The summed E-state index contributed by atoms with van der Waals surface area (Å²) in [7, 11) is 0. The molecule has 0 bridgehead atoms. The van der Waals surface area contributed by atoms with Gasteiger partial charge in [0.1, 0.15) is 0 Å². The minimum absolute atomic E-state index is 0.381. The van der Waals surface area contributed by atoms with Gasteiger partial charge in [-0.2, -0.15) is 8.78 Å². The smallest absolute Gasteiger partial charge is 0.174 e. The number of hydrogen-bond acceptors (Lipinski definition) is 0. The summed E-state index contributed by atoms with van der Waals surface area (Å²) >= 11 is 0. The van der Waals surface area contributed by atoms with Crippen LogP contribution in [-0.2, 0) is 0 Å². The molecule has 0 saturated heterocycles. The van der Waals surface area contributed by atoms with E-state index < -0.39 is 6.08 Å². The maximum absolute atomic E-state index is 11.4. The second-order valence-electron chi connectivity index (χ2n) is 2.24. The molecule has 0 aromatic rings. The van der Waals surface area contributed by atoms with Crippen molar-refractivity contribution < 1.29 is 8.78 Å². The summed E-state index contributed by atoms with van der Waals surface area (Å²) in [5.41, 5.74) is 0. The topological polar surface area (TPSA) is 0 Å². The van der Waals surface area contributed by atoms with Crippen LogP contribution in [0, 0.1) is 5.92 Å². The second-order valence-corrected chi connectivity index (χ2v) is 2.24. The molecule has 0 heterocycles. The Hall–Kier alpha value is -0.400. The molecule has 0 amide bonds. The van der Waals surface area contributed by atoms with Crippen molar-refractivity contribution in [3.05, 3.63) is 12.2 Å². The van der Waals surface area contributed by atoms with E-state index in [4.69, 9.17) is 0 Å². The van der Waals surface area contributed by atoms with Gasteiger partial charge in [-0.15, -0.1) is 0 Å². The van der Waals surface area contributed by atoms with Gasteiger partial charge in [0, 0.05) is 0 Å². The van der Waals surface area contributed by atoms with Crippen LogP contribution in [0.4, 0.5) is 8.78 Å². The van der Waals surface area contributed by atoms with Crippen molar-refractivity contribution in [2.75, 3.05) is 0 Å².